The molecule has 0 saturated heterocycles. The minimum Gasteiger partial charge on any atom is -0.493 e. The van der Waals surface area contributed by atoms with E-state index in [-0.39, 0.29) is 5.91 Å². The van der Waals surface area contributed by atoms with Crippen LogP contribution in [-0.2, 0) is 11.2 Å². The Kier molecular flexibility index (Phi) is 2.36. The predicted octanol–water partition coefficient (Wildman–Crippen LogP) is 2.51. The number of carbonyl (C=O) groups excluding carboxylic acids is 1. The quantitative estimate of drug-likeness (QED) is 0.805. The van der Waals surface area contributed by atoms with Crippen molar-refractivity contribution in [2.24, 2.45) is 0 Å². The third-order valence-electron chi connectivity index (χ3n) is 3.60. The Morgan fingerprint density at radius 2 is 2.25 bits per heavy atom. The molecule has 0 bridgehead atoms. The van der Waals surface area contributed by atoms with E-state index in [1.54, 1.807) is 6.20 Å². The fraction of sp³-hybridized carbons (Fsp3) is 0.125. The van der Waals surface area contributed by atoms with Gasteiger partial charge >= 0.3 is 0 Å². The summed E-state index contributed by atoms with van der Waals surface area (Å²) >= 11 is 0. The van der Waals surface area contributed by atoms with E-state index < -0.39 is 0 Å². The van der Waals surface area contributed by atoms with Crippen molar-refractivity contribution in [1.82, 2.24) is 4.98 Å². The highest BCUT2D eigenvalue weighted by atomic mass is 16.5. The lowest BCUT2D eigenvalue weighted by Crippen LogP contribution is -2.04. The standard InChI is InChI=1S/C16H12N2O2/c19-16-13(12-2-1-6-17-15(12)18-16)9-10-3-4-14-11(8-10)5-7-20-14/h1-4,6,8-9H,5,7H2,(H,17,18,19)/b13-9-. The van der Waals surface area contributed by atoms with Crippen LogP contribution in [0.15, 0.2) is 36.5 Å². The molecule has 0 atom stereocenters. The maximum atomic E-state index is 12.0. The van der Waals surface area contributed by atoms with Crippen molar-refractivity contribution in [3.05, 3.63) is 53.2 Å². The lowest BCUT2D eigenvalue weighted by molar-refractivity contribution is -0.110. The van der Waals surface area contributed by atoms with Crippen LogP contribution in [0.3, 0.4) is 0 Å². The van der Waals surface area contributed by atoms with Gasteiger partial charge in [-0.1, -0.05) is 6.07 Å². The largest absolute Gasteiger partial charge is 0.493 e. The average Bonchev–Trinajstić information content (AvgIpc) is 3.04. The second-order valence-electron chi connectivity index (χ2n) is 4.88. The molecule has 4 rings (SSSR count). The van der Waals surface area contributed by atoms with Crippen LogP contribution in [0.2, 0.25) is 0 Å². The van der Waals surface area contributed by atoms with Gasteiger partial charge in [0.05, 0.1) is 12.2 Å². The minimum atomic E-state index is -0.101. The second-order valence-corrected chi connectivity index (χ2v) is 4.88. The number of nitrogens with zero attached hydrogens (tertiary/aromatic N) is 1. The molecule has 1 amide bonds. The zero-order valence-electron chi connectivity index (χ0n) is 10.7. The molecule has 20 heavy (non-hydrogen) atoms. The van der Waals surface area contributed by atoms with Gasteiger partial charge in [-0.2, -0.15) is 0 Å². The van der Waals surface area contributed by atoms with Gasteiger partial charge in [0.1, 0.15) is 11.6 Å². The zero-order valence-corrected chi connectivity index (χ0v) is 10.7. The molecule has 4 heteroatoms. The zero-order chi connectivity index (χ0) is 13.5. The summed E-state index contributed by atoms with van der Waals surface area (Å²) in [6.45, 7) is 0.739. The SMILES string of the molecule is O=C1Nc2ncccc2/C1=C/c1ccc2c(c1)CCO2. The Hall–Kier alpha value is -2.62. The summed E-state index contributed by atoms with van der Waals surface area (Å²) in [6.07, 6.45) is 4.51. The number of fused-ring (bicyclic) bond motifs is 2. The molecule has 0 saturated carbocycles. The van der Waals surface area contributed by atoms with E-state index in [0.717, 1.165) is 29.9 Å². The molecule has 3 heterocycles. The first kappa shape index (κ1) is 11.2. The van der Waals surface area contributed by atoms with Crippen molar-refractivity contribution in [1.29, 1.82) is 0 Å². The molecule has 0 aliphatic carbocycles. The Labute approximate surface area is 116 Å². The molecule has 1 N–H and O–H groups in total. The van der Waals surface area contributed by atoms with Gasteiger partial charge in [-0.05, 0) is 41.5 Å². The number of carbonyl (C=O) groups is 1. The third kappa shape index (κ3) is 1.69. The summed E-state index contributed by atoms with van der Waals surface area (Å²) in [5, 5.41) is 2.78. The van der Waals surface area contributed by atoms with Crippen LogP contribution < -0.4 is 10.1 Å². The Morgan fingerprint density at radius 1 is 1.30 bits per heavy atom. The van der Waals surface area contributed by atoms with Crippen molar-refractivity contribution in [2.75, 3.05) is 11.9 Å². The smallest absolute Gasteiger partial charge is 0.257 e. The third-order valence-corrected chi connectivity index (χ3v) is 3.60. The number of pyridine rings is 1. The number of anilines is 1. The fourth-order valence-electron chi connectivity index (χ4n) is 2.63. The lowest BCUT2D eigenvalue weighted by Gasteiger charge is -2.01. The van der Waals surface area contributed by atoms with Crippen molar-refractivity contribution in [2.45, 2.75) is 6.42 Å². The van der Waals surface area contributed by atoms with Gasteiger partial charge in [0.15, 0.2) is 0 Å². The van der Waals surface area contributed by atoms with Gasteiger partial charge in [-0.15, -0.1) is 0 Å². The number of benzene rings is 1. The first-order valence-corrected chi connectivity index (χ1v) is 6.55. The summed E-state index contributed by atoms with van der Waals surface area (Å²) in [4.78, 5) is 16.2. The number of nitrogens with one attached hydrogen (secondary N) is 1. The highest BCUT2D eigenvalue weighted by molar-refractivity contribution is 6.34. The van der Waals surface area contributed by atoms with Crippen molar-refractivity contribution >= 4 is 23.4 Å². The summed E-state index contributed by atoms with van der Waals surface area (Å²) in [7, 11) is 0. The van der Waals surface area contributed by atoms with Crippen LogP contribution in [0.4, 0.5) is 5.82 Å². The van der Waals surface area contributed by atoms with Crippen LogP contribution in [-0.4, -0.2) is 17.5 Å². The normalized spacial score (nSPS) is 17.6. The Balaban J connectivity index is 1.79. The molecular formula is C16H12N2O2. The molecular weight excluding hydrogens is 252 g/mol. The summed E-state index contributed by atoms with van der Waals surface area (Å²) in [5.41, 5.74) is 3.72. The predicted molar refractivity (Wildman–Crippen MR) is 76.4 cm³/mol. The molecule has 0 spiro atoms. The molecule has 98 valence electrons. The van der Waals surface area contributed by atoms with Gasteiger partial charge in [-0.3, -0.25) is 4.79 Å². The molecule has 0 unspecified atom stereocenters. The van der Waals surface area contributed by atoms with E-state index in [1.165, 1.54) is 5.56 Å². The molecule has 0 fully saturated rings. The molecule has 4 nitrogen and oxygen atoms in total. The van der Waals surface area contributed by atoms with Crippen LogP contribution in [0.1, 0.15) is 16.7 Å². The van der Waals surface area contributed by atoms with E-state index >= 15 is 0 Å². The number of aromatic nitrogens is 1. The number of amides is 1. The van der Waals surface area contributed by atoms with E-state index in [9.17, 15) is 4.79 Å². The molecule has 2 aliphatic heterocycles. The Morgan fingerprint density at radius 3 is 3.20 bits per heavy atom. The summed E-state index contributed by atoms with van der Waals surface area (Å²) < 4.78 is 5.49. The number of ether oxygens (including phenoxy) is 1. The van der Waals surface area contributed by atoms with Crippen LogP contribution in [0.25, 0.3) is 11.6 Å². The minimum absolute atomic E-state index is 0.101. The van der Waals surface area contributed by atoms with Crippen molar-refractivity contribution in [3.8, 4) is 5.75 Å². The monoisotopic (exact) mass is 264 g/mol. The van der Waals surface area contributed by atoms with Crippen LogP contribution in [0, 0.1) is 0 Å². The van der Waals surface area contributed by atoms with Crippen LogP contribution in [0.5, 0.6) is 5.75 Å². The van der Waals surface area contributed by atoms with Gasteiger partial charge in [0.2, 0.25) is 0 Å². The highest BCUT2D eigenvalue weighted by Gasteiger charge is 2.24. The van der Waals surface area contributed by atoms with Gasteiger partial charge in [0, 0.05) is 18.2 Å². The molecule has 1 aromatic carbocycles. The summed E-state index contributed by atoms with van der Waals surface area (Å²) in [5.74, 6) is 1.48. The number of rotatable bonds is 1. The van der Waals surface area contributed by atoms with E-state index in [0.29, 0.717) is 11.4 Å². The maximum Gasteiger partial charge on any atom is 0.257 e. The number of hydrogen-bond acceptors (Lipinski definition) is 3. The topological polar surface area (TPSA) is 51.2 Å². The molecule has 1 aromatic heterocycles. The van der Waals surface area contributed by atoms with E-state index in [2.05, 4.69) is 16.4 Å². The Bertz CT molecular complexity index is 750. The van der Waals surface area contributed by atoms with Gasteiger partial charge < -0.3 is 10.1 Å². The average molecular weight is 264 g/mol. The van der Waals surface area contributed by atoms with E-state index in [4.69, 9.17) is 4.74 Å². The van der Waals surface area contributed by atoms with Gasteiger partial charge in [-0.25, -0.2) is 4.98 Å². The molecule has 0 radical (unpaired) electrons. The number of hydrogen-bond donors (Lipinski definition) is 1. The van der Waals surface area contributed by atoms with Gasteiger partial charge in [0.25, 0.3) is 5.91 Å². The molecule has 2 aliphatic rings. The summed E-state index contributed by atoms with van der Waals surface area (Å²) in [6, 6.07) is 9.76. The maximum absolute atomic E-state index is 12.0. The fourth-order valence-corrected chi connectivity index (χ4v) is 2.63. The lowest BCUT2D eigenvalue weighted by atomic mass is 10.0. The van der Waals surface area contributed by atoms with Crippen molar-refractivity contribution < 1.29 is 9.53 Å². The first-order chi connectivity index (χ1) is 9.81. The first-order valence-electron chi connectivity index (χ1n) is 6.55. The highest BCUT2D eigenvalue weighted by Crippen LogP contribution is 2.32. The van der Waals surface area contributed by atoms with E-state index in [1.807, 2.05) is 30.3 Å². The molecule has 2 aromatic rings. The second kappa shape index (κ2) is 4.20. The van der Waals surface area contributed by atoms with Crippen LogP contribution >= 0.6 is 0 Å². The van der Waals surface area contributed by atoms with Crippen molar-refractivity contribution in [3.63, 3.8) is 0 Å².